The number of rotatable bonds is 5. The van der Waals surface area contributed by atoms with Gasteiger partial charge < -0.3 is 10.1 Å². The molecule has 0 spiro atoms. The molecule has 1 unspecified atom stereocenters. The number of benzene rings is 1. The molecule has 0 radical (unpaired) electrons. The molecule has 0 bridgehead atoms. The first-order valence-electron chi connectivity index (χ1n) is 6.21. The lowest BCUT2D eigenvalue weighted by Gasteiger charge is -2.17. The largest absolute Gasteiger partial charge is 0.377 e. The van der Waals surface area contributed by atoms with Crippen molar-refractivity contribution in [3.05, 3.63) is 36.2 Å². The Labute approximate surface area is 107 Å². The summed E-state index contributed by atoms with van der Waals surface area (Å²) in [6, 6.07) is 7.95. The lowest BCUT2D eigenvalue weighted by molar-refractivity contribution is 0.0618. The minimum Gasteiger partial charge on any atom is -0.377 e. The molecule has 1 aromatic heterocycles. The molecule has 0 aliphatic rings. The third-order valence-corrected chi connectivity index (χ3v) is 2.77. The number of hydrogen-bond acceptors (Lipinski definition) is 4. The van der Waals surface area contributed by atoms with Crippen molar-refractivity contribution in [3.8, 4) is 0 Å². The average molecular weight is 245 g/mol. The molecule has 2 aromatic rings. The van der Waals surface area contributed by atoms with Gasteiger partial charge in [0.1, 0.15) is 0 Å². The van der Waals surface area contributed by atoms with E-state index in [9.17, 15) is 0 Å². The van der Waals surface area contributed by atoms with Crippen LogP contribution in [0.25, 0.3) is 11.0 Å². The molecule has 4 nitrogen and oxygen atoms in total. The van der Waals surface area contributed by atoms with Gasteiger partial charge in [-0.3, -0.25) is 4.98 Å². The van der Waals surface area contributed by atoms with Gasteiger partial charge in [-0.2, -0.15) is 0 Å². The molecule has 1 atom stereocenters. The Morgan fingerprint density at radius 2 is 1.94 bits per heavy atom. The number of fused-ring (bicyclic) bond motifs is 1. The topological polar surface area (TPSA) is 47.0 Å². The molecule has 96 valence electrons. The maximum atomic E-state index is 5.63. The van der Waals surface area contributed by atoms with Gasteiger partial charge >= 0.3 is 0 Å². The molecule has 0 fully saturated rings. The van der Waals surface area contributed by atoms with Gasteiger partial charge in [-0.25, -0.2) is 4.98 Å². The Balaban J connectivity index is 2.22. The van der Waals surface area contributed by atoms with Crippen molar-refractivity contribution in [2.75, 3.05) is 13.7 Å². The van der Waals surface area contributed by atoms with E-state index in [1.165, 1.54) is 0 Å². The summed E-state index contributed by atoms with van der Waals surface area (Å²) in [5, 5.41) is 3.21. The molecule has 1 N–H and O–H groups in total. The summed E-state index contributed by atoms with van der Waals surface area (Å²) < 4.78 is 5.63. The standard InChI is InChI=1S/C14H19N3O/c1-10(2)18-9-14(15-3)13-8-16-11-6-4-5-7-12(11)17-13/h4-8,10,14-15H,9H2,1-3H3. The van der Waals surface area contributed by atoms with Crippen LogP contribution < -0.4 is 5.32 Å². The molecule has 0 saturated heterocycles. The van der Waals surface area contributed by atoms with Gasteiger partial charge in [-0.05, 0) is 33.0 Å². The Morgan fingerprint density at radius 3 is 2.61 bits per heavy atom. The molecule has 1 heterocycles. The normalized spacial score (nSPS) is 13.1. The van der Waals surface area contributed by atoms with Crippen molar-refractivity contribution in [1.29, 1.82) is 0 Å². The van der Waals surface area contributed by atoms with Crippen LogP contribution in [0.3, 0.4) is 0 Å². The molecule has 4 heteroatoms. The second-order valence-corrected chi connectivity index (χ2v) is 4.51. The van der Waals surface area contributed by atoms with Gasteiger partial charge in [0.25, 0.3) is 0 Å². The Kier molecular flexibility index (Phi) is 4.23. The number of likely N-dealkylation sites (N-methyl/N-ethyl adjacent to an activating group) is 1. The van der Waals surface area contributed by atoms with Gasteiger partial charge in [-0.1, -0.05) is 12.1 Å². The van der Waals surface area contributed by atoms with Crippen LogP contribution in [-0.2, 0) is 4.74 Å². The maximum Gasteiger partial charge on any atom is 0.0890 e. The van der Waals surface area contributed by atoms with Crippen molar-refractivity contribution in [1.82, 2.24) is 15.3 Å². The summed E-state index contributed by atoms with van der Waals surface area (Å²) >= 11 is 0. The lowest BCUT2D eigenvalue weighted by Crippen LogP contribution is -2.24. The first-order valence-corrected chi connectivity index (χ1v) is 6.21. The van der Waals surface area contributed by atoms with Crippen LogP contribution in [0.2, 0.25) is 0 Å². The highest BCUT2D eigenvalue weighted by Crippen LogP contribution is 2.14. The molecule has 0 aliphatic carbocycles. The van der Waals surface area contributed by atoms with Crippen LogP contribution in [-0.4, -0.2) is 29.7 Å². The second kappa shape index (κ2) is 5.89. The van der Waals surface area contributed by atoms with Crippen molar-refractivity contribution in [2.24, 2.45) is 0 Å². The quantitative estimate of drug-likeness (QED) is 0.878. The highest BCUT2D eigenvalue weighted by molar-refractivity contribution is 5.73. The number of hydrogen-bond donors (Lipinski definition) is 1. The van der Waals surface area contributed by atoms with Gasteiger partial charge in [-0.15, -0.1) is 0 Å². The molecule has 0 saturated carbocycles. The SMILES string of the molecule is CNC(COC(C)C)c1cnc2ccccc2n1. The summed E-state index contributed by atoms with van der Waals surface area (Å²) in [6.07, 6.45) is 2.03. The van der Waals surface area contributed by atoms with Crippen molar-refractivity contribution >= 4 is 11.0 Å². The highest BCUT2D eigenvalue weighted by Gasteiger charge is 2.12. The summed E-state index contributed by atoms with van der Waals surface area (Å²) in [5.74, 6) is 0. The lowest BCUT2D eigenvalue weighted by atomic mass is 10.2. The minimum absolute atomic E-state index is 0.0736. The van der Waals surface area contributed by atoms with E-state index < -0.39 is 0 Å². The molecule has 1 aromatic carbocycles. The van der Waals surface area contributed by atoms with Crippen LogP contribution in [0.5, 0.6) is 0 Å². The Morgan fingerprint density at radius 1 is 1.22 bits per heavy atom. The van der Waals surface area contributed by atoms with E-state index in [2.05, 4.69) is 15.3 Å². The van der Waals surface area contributed by atoms with Gasteiger partial charge in [0.2, 0.25) is 0 Å². The second-order valence-electron chi connectivity index (χ2n) is 4.51. The minimum atomic E-state index is 0.0736. The summed E-state index contributed by atoms with van der Waals surface area (Å²) in [5.41, 5.74) is 2.75. The van der Waals surface area contributed by atoms with Crippen LogP contribution in [0.15, 0.2) is 30.5 Å². The average Bonchev–Trinajstić information content (AvgIpc) is 2.39. The number of aromatic nitrogens is 2. The molecule has 18 heavy (non-hydrogen) atoms. The maximum absolute atomic E-state index is 5.63. The highest BCUT2D eigenvalue weighted by atomic mass is 16.5. The Bertz CT molecular complexity index is 513. The van der Waals surface area contributed by atoms with E-state index in [1.807, 2.05) is 51.4 Å². The van der Waals surface area contributed by atoms with E-state index >= 15 is 0 Å². The number of nitrogens with zero attached hydrogens (tertiary/aromatic N) is 2. The fourth-order valence-corrected chi connectivity index (χ4v) is 1.74. The zero-order chi connectivity index (χ0) is 13.0. The smallest absolute Gasteiger partial charge is 0.0890 e. The predicted molar refractivity (Wildman–Crippen MR) is 72.4 cm³/mol. The van der Waals surface area contributed by atoms with Crippen molar-refractivity contribution in [3.63, 3.8) is 0 Å². The predicted octanol–water partition coefficient (Wildman–Crippen LogP) is 2.32. The van der Waals surface area contributed by atoms with Crippen LogP contribution in [0.1, 0.15) is 25.6 Å². The number of ether oxygens (including phenoxy) is 1. The number of nitrogens with one attached hydrogen (secondary N) is 1. The fourth-order valence-electron chi connectivity index (χ4n) is 1.74. The fraction of sp³-hybridized carbons (Fsp3) is 0.429. The van der Waals surface area contributed by atoms with Gasteiger partial charge in [0.15, 0.2) is 0 Å². The van der Waals surface area contributed by atoms with Crippen molar-refractivity contribution in [2.45, 2.75) is 26.0 Å². The van der Waals surface area contributed by atoms with Crippen LogP contribution in [0, 0.1) is 0 Å². The van der Waals surface area contributed by atoms with Crippen LogP contribution >= 0.6 is 0 Å². The molecule has 0 aliphatic heterocycles. The van der Waals surface area contributed by atoms with Gasteiger partial charge in [0.05, 0.1) is 41.7 Å². The summed E-state index contributed by atoms with van der Waals surface area (Å²) in [7, 11) is 1.91. The first-order chi connectivity index (χ1) is 8.70. The third kappa shape index (κ3) is 3.03. The monoisotopic (exact) mass is 245 g/mol. The molecule has 2 rings (SSSR count). The summed E-state index contributed by atoms with van der Waals surface area (Å²) in [6.45, 7) is 4.65. The molecular weight excluding hydrogens is 226 g/mol. The van der Waals surface area contributed by atoms with Gasteiger partial charge in [0, 0.05) is 0 Å². The zero-order valence-corrected chi connectivity index (χ0v) is 11.1. The van der Waals surface area contributed by atoms with Crippen LogP contribution in [0.4, 0.5) is 0 Å². The van der Waals surface area contributed by atoms with E-state index in [0.717, 1.165) is 16.7 Å². The van der Waals surface area contributed by atoms with E-state index in [1.54, 1.807) is 0 Å². The first kappa shape index (κ1) is 12.9. The molecular formula is C14H19N3O. The van der Waals surface area contributed by atoms with E-state index in [-0.39, 0.29) is 12.1 Å². The number of para-hydroxylation sites is 2. The Hall–Kier alpha value is -1.52. The molecule has 0 amide bonds. The zero-order valence-electron chi connectivity index (χ0n) is 11.1. The van der Waals surface area contributed by atoms with E-state index in [0.29, 0.717) is 6.61 Å². The van der Waals surface area contributed by atoms with E-state index in [4.69, 9.17) is 4.74 Å². The third-order valence-electron chi connectivity index (χ3n) is 2.77. The van der Waals surface area contributed by atoms with Crippen molar-refractivity contribution < 1.29 is 4.74 Å². The summed E-state index contributed by atoms with van der Waals surface area (Å²) in [4.78, 5) is 9.04.